The Hall–Kier alpha value is -2.37. The van der Waals surface area contributed by atoms with Gasteiger partial charge in [0.05, 0.1) is 23.3 Å². The van der Waals surface area contributed by atoms with Crippen molar-refractivity contribution >= 4 is 22.9 Å². The van der Waals surface area contributed by atoms with Crippen LogP contribution in [0.2, 0.25) is 0 Å². The molecule has 23 heavy (non-hydrogen) atoms. The van der Waals surface area contributed by atoms with Gasteiger partial charge in [0.15, 0.2) is 0 Å². The van der Waals surface area contributed by atoms with E-state index in [0.29, 0.717) is 25.7 Å². The van der Waals surface area contributed by atoms with Crippen LogP contribution >= 0.6 is 0 Å². The molecule has 0 saturated carbocycles. The summed E-state index contributed by atoms with van der Waals surface area (Å²) in [5, 5.41) is 3.48. The Bertz CT molecular complexity index is 696. The van der Waals surface area contributed by atoms with Crippen molar-refractivity contribution in [1.82, 2.24) is 14.9 Å². The van der Waals surface area contributed by atoms with E-state index in [0.717, 1.165) is 35.4 Å². The Balaban J connectivity index is 1.65. The molecular weight excluding hydrogens is 292 g/mol. The van der Waals surface area contributed by atoms with E-state index >= 15 is 0 Å². The van der Waals surface area contributed by atoms with Gasteiger partial charge in [-0.15, -0.1) is 0 Å². The number of fused-ring (bicyclic) bond motifs is 1. The third-order valence-corrected chi connectivity index (χ3v) is 4.11. The number of likely N-dealkylation sites (tertiary alicyclic amines) is 1. The summed E-state index contributed by atoms with van der Waals surface area (Å²) in [6, 6.07) is 8.17. The molecule has 1 amide bonds. The molecule has 6 nitrogen and oxygen atoms in total. The molecule has 1 aliphatic heterocycles. The van der Waals surface area contributed by atoms with Crippen molar-refractivity contribution in [3.8, 4) is 0 Å². The number of nitrogens with zero attached hydrogens (tertiary/aromatic N) is 3. The van der Waals surface area contributed by atoms with E-state index in [-0.39, 0.29) is 6.09 Å². The monoisotopic (exact) mass is 314 g/mol. The number of aromatic nitrogens is 2. The Morgan fingerprint density at radius 2 is 1.91 bits per heavy atom. The van der Waals surface area contributed by atoms with E-state index in [2.05, 4.69) is 15.3 Å². The molecular formula is C17H22N4O2. The minimum Gasteiger partial charge on any atom is -0.450 e. The maximum atomic E-state index is 11.7. The number of benzene rings is 1. The van der Waals surface area contributed by atoms with Gasteiger partial charge in [-0.2, -0.15) is 0 Å². The lowest BCUT2D eigenvalue weighted by atomic mass is 10.1. The predicted molar refractivity (Wildman–Crippen MR) is 89.5 cm³/mol. The second-order valence-corrected chi connectivity index (χ2v) is 5.75. The van der Waals surface area contributed by atoms with Crippen LogP contribution in [-0.4, -0.2) is 46.7 Å². The van der Waals surface area contributed by atoms with Crippen LogP contribution < -0.4 is 5.32 Å². The minimum atomic E-state index is -0.215. The number of amides is 1. The Labute approximate surface area is 135 Å². The Morgan fingerprint density at radius 3 is 2.57 bits per heavy atom. The molecule has 0 atom stereocenters. The molecule has 0 bridgehead atoms. The van der Waals surface area contributed by atoms with Gasteiger partial charge >= 0.3 is 6.09 Å². The molecule has 1 fully saturated rings. The molecule has 1 saturated heterocycles. The molecule has 6 heteroatoms. The van der Waals surface area contributed by atoms with Crippen molar-refractivity contribution < 1.29 is 9.53 Å². The van der Waals surface area contributed by atoms with Crippen LogP contribution in [0.3, 0.4) is 0 Å². The van der Waals surface area contributed by atoms with Crippen molar-refractivity contribution in [2.75, 3.05) is 25.0 Å². The first kappa shape index (κ1) is 15.5. The molecule has 0 aliphatic carbocycles. The first-order valence-corrected chi connectivity index (χ1v) is 8.09. The normalized spacial score (nSPS) is 15.7. The molecule has 122 valence electrons. The van der Waals surface area contributed by atoms with Crippen molar-refractivity contribution in [1.29, 1.82) is 0 Å². The van der Waals surface area contributed by atoms with Crippen LogP contribution in [0.15, 0.2) is 24.3 Å². The Kier molecular flexibility index (Phi) is 4.60. The van der Waals surface area contributed by atoms with Gasteiger partial charge in [0.25, 0.3) is 0 Å². The van der Waals surface area contributed by atoms with E-state index in [4.69, 9.17) is 4.74 Å². The lowest BCUT2D eigenvalue weighted by Crippen LogP contribution is -2.42. The van der Waals surface area contributed by atoms with E-state index in [1.807, 2.05) is 38.1 Å². The van der Waals surface area contributed by atoms with E-state index in [9.17, 15) is 4.79 Å². The average Bonchev–Trinajstić information content (AvgIpc) is 2.56. The maximum Gasteiger partial charge on any atom is 0.409 e. The van der Waals surface area contributed by atoms with Gasteiger partial charge in [-0.3, -0.25) is 0 Å². The zero-order chi connectivity index (χ0) is 16.2. The number of para-hydroxylation sites is 2. The molecule has 1 aliphatic rings. The summed E-state index contributed by atoms with van der Waals surface area (Å²) in [6.07, 6.45) is 1.55. The van der Waals surface area contributed by atoms with Crippen molar-refractivity contribution in [2.24, 2.45) is 0 Å². The number of nitrogens with one attached hydrogen (secondary N) is 1. The molecule has 0 unspecified atom stereocenters. The summed E-state index contributed by atoms with van der Waals surface area (Å²) in [4.78, 5) is 22.8. The number of rotatable bonds is 3. The van der Waals surface area contributed by atoms with E-state index in [1.54, 1.807) is 4.90 Å². The lowest BCUT2D eigenvalue weighted by molar-refractivity contribution is 0.0983. The molecule has 0 spiro atoms. The summed E-state index contributed by atoms with van der Waals surface area (Å²) in [6.45, 7) is 5.62. The van der Waals surface area contributed by atoms with Gasteiger partial charge in [0.2, 0.25) is 0 Å². The third kappa shape index (κ3) is 3.52. The van der Waals surface area contributed by atoms with Gasteiger partial charge in [0.1, 0.15) is 5.82 Å². The van der Waals surface area contributed by atoms with Crippen molar-refractivity contribution in [3.05, 3.63) is 30.0 Å². The fourth-order valence-electron chi connectivity index (χ4n) is 2.84. The van der Waals surface area contributed by atoms with Gasteiger partial charge < -0.3 is 15.0 Å². The highest BCUT2D eigenvalue weighted by molar-refractivity contribution is 5.76. The predicted octanol–water partition coefficient (Wildman–Crippen LogP) is 2.97. The van der Waals surface area contributed by atoms with Crippen LogP contribution in [0.1, 0.15) is 25.5 Å². The number of carbonyl (C=O) groups is 1. The number of hydrogen-bond acceptors (Lipinski definition) is 5. The van der Waals surface area contributed by atoms with Gasteiger partial charge in [-0.05, 0) is 38.8 Å². The number of piperidine rings is 1. The summed E-state index contributed by atoms with van der Waals surface area (Å²) in [5.41, 5.74) is 2.70. The molecule has 1 aromatic heterocycles. The fourth-order valence-corrected chi connectivity index (χ4v) is 2.84. The second-order valence-electron chi connectivity index (χ2n) is 5.75. The first-order chi connectivity index (χ1) is 11.2. The highest BCUT2D eigenvalue weighted by Gasteiger charge is 2.24. The zero-order valence-corrected chi connectivity index (χ0v) is 13.6. The first-order valence-electron chi connectivity index (χ1n) is 8.09. The SMILES string of the molecule is CCOC(=O)N1CCC(Nc2nc3ccccc3nc2C)CC1. The van der Waals surface area contributed by atoms with Crippen molar-refractivity contribution in [2.45, 2.75) is 32.7 Å². The van der Waals surface area contributed by atoms with Crippen LogP contribution in [0.5, 0.6) is 0 Å². The molecule has 2 heterocycles. The standard InChI is InChI=1S/C17H22N4O2/c1-3-23-17(22)21-10-8-13(9-11-21)19-16-12(2)18-14-6-4-5-7-15(14)20-16/h4-7,13H,3,8-11H2,1-2H3,(H,19,20). The summed E-state index contributed by atoms with van der Waals surface area (Å²) in [5.74, 6) is 0.832. The smallest absolute Gasteiger partial charge is 0.409 e. The number of aryl methyl sites for hydroxylation is 1. The summed E-state index contributed by atoms with van der Waals surface area (Å²) < 4.78 is 5.05. The highest BCUT2D eigenvalue weighted by atomic mass is 16.6. The summed E-state index contributed by atoms with van der Waals surface area (Å²) in [7, 11) is 0. The Morgan fingerprint density at radius 1 is 1.26 bits per heavy atom. The average molecular weight is 314 g/mol. The van der Waals surface area contributed by atoms with Crippen LogP contribution in [0.4, 0.5) is 10.6 Å². The quantitative estimate of drug-likeness (QED) is 0.943. The van der Waals surface area contributed by atoms with Crippen LogP contribution in [0, 0.1) is 6.92 Å². The van der Waals surface area contributed by atoms with Gasteiger partial charge in [-0.1, -0.05) is 12.1 Å². The van der Waals surface area contributed by atoms with Crippen LogP contribution in [-0.2, 0) is 4.74 Å². The van der Waals surface area contributed by atoms with Gasteiger partial charge in [-0.25, -0.2) is 14.8 Å². The summed E-state index contributed by atoms with van der Waals surface area (Å²) >= 11 is 0. The molecule has 1 N–H and O–H groups in total. The molecule has 1 aromatic carbocycles. The largest absolute Gasteiger partial charge is 0.450 e. The molecule has 0 radical (unpaired) electrons. The molecule has 2 aromatic rings. The second kappa shape index (κ2) is 6.81. The number of hydrogen-bond donors (Lipinski definition) is 1. The zero-order valence-electron chi connectivity index (χ0n) is 13.6. The minimum absolute atomic E-state index is 0.215. The molecule has 3 rings (SSSR count). The maximum absolute atomic E-state index is 11.7. The van der Waals surface area contributed by atoms with E-state index < -0.39 is 0 Å². The topological polar surface area (TPSA) is 67.3 Å². The van der Waals surface area contributed by atoms with Gasteiger partial charge in [0, 0.05) is 19.1 Å². The van der Waals surface area contributed by atoms with Crippen molar-refractivity contribution in [3.63, 3.8) is 0 Å². The fraction of sp³-hybridized carbons (Fsp3) is 0.471. The number of ether oxygens (including phenoxy) is 1. The third-order valence-electron chi connectivity index (χ3n) is 4.11. The van der Waals surface area contributed by atoms with Crippen LogP contribution in [0.25, 0.3) is 11.0 Å². The number of carbonyl (C=O) groups excluding carboxylic acids is 1. The lowest BCUT2D eigenvalue weighted by Gasteiger charge is -2.32. The van der Waals surface area contributed by atoms with E-state index in [1.165, 1.54) is 0 Å². The highest BCUT2D eigenvalue weighted by Crippen LogP contribution is 2.20. The number of anilines is 1.